The van der Waals surface area contributed by atoms with Crippen molar-refractivity contribution in [1.29, 1.82) is 0 Å². The van der Waals surface area contributed by atoms with Gasteiger partial charge in [0.2, 0.25) is 0 Å². The summed E-state index contributed by atoms with van der Waals surface area (Å²) in [4.78, 5) is 10.8. The molecule has 0 radical (unpaired) electrons. The summed E-state index contributed by atoms with van der Waals surface area (Å²) in [6.45, 7) is 16.6. The number of carbonyl (C=O) groups is 1. The Morgan fingerprint density at radius 3 is 1.88 bits per heavy atom. The molecule has 1 amide bonds. The molecule has 142 valence electrons. The molecule has 2 N–H and O–H groups in total. The first-order valence-corrected chi connectivity index (χ1v) is 10.3. The maximum atomic E-state index is 10.8. The van der Waals surface area contributed by atoms with E-state index in [1.807, 2.05) is 34.6 Å². The maximum absolute atomic E-state index is 10.8. The standard InChI is InChI=1S/C16H33NO6Si/c1-8-14(24(20-9-2,21-10-3)22-11-4)15(12(5)6)23-13(7)17-16(18)19/h13-15,17H,5,8-11H2,1-4,6-7H3,(H,18,19). The minimum Gasteiger partial charge on any atom is -0.465 e. The van der Waals surface area contributed by atoms with Crippen LogP contribution in [0.5, 0.6) is 0 Å². The second-order valence-electron chi connectivity index (χ2n) is 5.41. The van der Waals surface area contributed by atoms with E-state index in [1.165, 1.54) is 0 Å². The van der Waals surface area contributed by atoms with Crippen molar-refractivity contribution >= 4 is 14.9 Å². The van der Waals surface area contributed by atoms with Gasteiger partial charge >= 0.3 is 14.9 Å². The molecule has 0 aromatic rings. The first-order valence-electron chi connectivity index (χ1n) is 8.49. The molecular formula is C16H33NO6Si. The molecule has 0 rings (SSSR count). The molecule has 0 aromatic heterocycles. The minimum atomic E-state index is -3.02. The molecule has 3 unspecified atom stereocenters. The quantitative estimate of drug-likeness (QED) is 0.296. The van der Waals surface area contributed by atoms with Crippen LogP contribution in [0.4, 0.5) is 4.79 Å². The molecule has 7 nitrogen and oxygen atoms in total. The molecule has 0 fully saturated rings. The van der Waals surface area contributed by atoms with Crippen molar-refractivity contribution in [3.63, 3.8) is 0 Å². The predicted octanol–water partition coefficient (Wildman–Crippen LogP) is 3.39. The number of hydrogen-bond acceptors (Lipinski definition) is 5. The van der Waals surface area contributed by atoms with Gasteiger partial charge in [0.25, 0.3) is 0 Å². The van der Waals surface area contributed by atoms with Gasteiger partial charge in [-0.25, -0.2) is 4.79 Å². The molecule has 0 bridgehead atoms. The van der Waals surface area contributed by atoms with Crippen LogP contribution < -0.4 is 5.32 Å². The summed E-state index contributed by atoms with van der Waals surface area (Å²) in [6, 6.07) is 0. The summed E-state index contributed by atoms with van der Waals surface area (Å²) in [5, 5.41) is 11.2. The Kier molecular flexibility index (Phi) is 11.1. The van der Waals surface area contributed by atoms with E-state index in [1.54, 1.807) is 6.92 Å². The Morgan fingerprint density at radius 1 is 1.12 bits per heavy atom. The summed E-state index contributed by atoms with van der Waals surface area (Å²) in [7, 11) is -3.02. The molecule has 0 spiro atoms. The van der Waals surface area contributed by atoms with Crippen LogP contribution >= 0.6 is 0 Å². The summed E-state index contributed by atoms with van der Waals surface area (Å²) in [5.41, 5.74) is 0.602. The Balaban J connectivity index is 5.60. The van der Waals surface area contributed by atoms with Crippen molar-refractivity contribution in [3.05, 3.63) is 12.2 Å². The number of nitrogens with one attached hydrogen (secondary N) is 1. The summed E-state index contributed by atoms with van der Waals surface area (Å²) < 4.78 is 23.9. The van der Waals surface area contributed by atoms with Crippen LogP contribution in [0, 0.1) is 0 Å². The van der Waals surface area contributed by atoms with Crippen molar-refractivity contribution < 1.29 is 27.9 Å². The van der Waals surface area contributed by atoms with Crippen LogP contribution in [-0.4, -0.2) is 52.2 Å². The van der Waals surface area contributed by atoms with Crippen molar-refractivity contribution in [2.75, 3.05) is 19.8 Å². The molecule has 0 saturated heterocycles. The van der Waals surface area contributed by atoms with E-state index in [-0.39, 0.29) is 5.54 Å². The van der Waals surface area contributed by atoms with Gasteiger partial charge in [-0.15, -0.1) is 0 Å². The molecule has 0 heterocycles. The van der Waals surface area contributed by atoms with Crippen molar-refractivity contribution in [2.45, 2.75) is 65.8 Å². The number of hydrogen-bond donors (Lipinski definition) is 2. The third-order valence-electron chi connectivity index (χ3n) is 3.46. The van der Waals surface area contributed by atoms with Gasteiger partial charge in [-0.3, -0.25) is 5.32 Å². The van der Waals surface area contributed by atoms with E-state index in [9.17, 15) is 4.79 Å². The third-order valence-corrected chi connectivity index (χ3v) is 7.15. The lowest BCUT2D eigenvalue weighted by molar-refractivity contribution is -0.0250. The fraction of sp³-hybridized carbons (Fsp3) is 0.812. The molecule has 0 aliphatic rings. The van der Waals surface area contributed by atoms with E-state index in [0.717, 1.165) is 5.57 Å². The molecule has 0 aliphatic heterocycles. The Morgan fingerprint density at radius 2 is 1.58 bits per heavy atom. The second kappa shape index (κ2) is 11.6. The lowest BCUT2D eigenvalue weighted by Gasteiger charge is -2.39. The van der Waals surface area contributed by atoms with Crippen molar-refractivity contribution in [3.8, 4) is 0 Å². The fourth-order valence-corrected chi connectivity index (χ4v) is 6.01. The third kappa shape index (κ3) is 6.90. The van der Waals surface area contributed by atoms with E-state index < -0.39 is 27.2 Å². The van der Waals surface area contributed by atoms with Gasteiger partial charge in [0, 0.05) is 19.8 Å². The lowest BCUT2D eigenvalue weighted by atomic mass is 10.1. The Labute approximate surface area is 146 Å². The van der Waals surface area contributed by atoms with E-state index >= 15 is 0 Å². The normalized spacial score (nSPS) is 15.6. The zero-order valence-corrected chi connectivity index (χ0v) is 16.8. The average Bonchev–Trinajstić information content (AvgIpc) is 2.46. The highest BCUT2D eigenvalue weighted by molar-refractivity contribution is 6.62. The first-order chi connectivity index (χ1) is 11.3. The van der Waals surface area contributed by atoms with Gasteiger partial charge < -0.3 is 23.1 Å². The largest absolute Gasteiger partial charge is 0.507 e. The highest BCUT2D eigenvalue weighted by Gasteiger charge is 2.52. The number of carboxylic acid groups (broad SMARTS) is 1. The predicted molar refractivity (Wildman–Crippen MR) is 95.0 cm³/mol. The van der Waals surface area contributed by atoms with Crippen molar-refractivity contribution in [1.82, 2.24) is 5.32 Å². The van der Waals surface area contributed by atoms with Gasteiger partial charge in [-0.05, 0) is 41.0 Å². The molecule has 8 heteroatoms. The van der Waals surface area contributed by atoms with Crippen LogP contribution in [0.25, 0.3) is 0 Å². The van der Waals surface area contributed by atoms with Crippen LogP contribution in [-0.2, 0) is 18.0 Å². The zero-order chi connectivity index (χ0) is 18.8. The van der Waals surface area contributed by atoms with Crippen LogP contribution in [0.3, 0.4) is 0 Å². The topological polar surface area (TPSA) is 86.3 Å². The van der Waals surface area contributed by atoms with Crippen LogP contribution in [0.1, 0.15) is 48.0 Å². The molecule has 3 atom stereocenters. The SMILES string of the molecule is C=C(C)C(OC(C)NC(=O)O)C(CC)[Si](OCC)(OCC)OCC. The van der Waals surface area contributed by atoms with Gasteiger partial charge in [0.05, 0.1) is 11.6 Å². The Hall–Kier alpha value is -0.933. The van der Waals surface area contributed by atoms with Gasteiger partial charge in [-0.2, -0.15) is 0 Å². The lowest BCUT2D eigenvalue weighted by Crippen LogP contribution is -2.55. The van der Waals surface area contributed by atoms with Crippen molar-refractivity contribution in [2.24, 2.45) is 0 Å². The highest BCUT2D eigenvalue weighted by atomic mass is 28.4. The Bertz CT molecular complexity index is 376. The van der Waals surface area contributed by atoms with Crippen LogP contribution in [0.2, 0.25) is 5.54 Å². The summed E-state index contributed by atoms with van der Waals surface area (Å²) >= 11 is 0. The number of amides is 1. The monoisotopic (exact) mass is 363 g/mol. The van der Waals surface area contributed by atoms with Crippen LogP contribution in [0.15, 0.2) is 12.2 Å². The maximum Gasteiger partial charge on any atom is 0.507 e. The molecule has 0 aromatic carbocycles. The number of rotatable bonds is 13. The van der Waals surface area contributed by atoms with Gasteiger partial charge in [0.15, 0.2) is 0 Å². The number of ether oxygens (including phenoxy) is 1. The van der Waals surface area contributed by atoms with E-state index in [4.69, 9.17) is 23.1 Å². The van der Waals surface area contributed by atoms with E-state index in [2.05, 4.69) is 11.9 Å². The molecule has 24 heavy (non-hydrogen) atoms. The first kappa shape index (κ1) is 23.1. The molecular weight excluding hydrogens is 330 g/mol. The fourth-order valence-electron chi connectivity index (χ4n) is 2.68. The highest BCUT2D eigenvalue weighted by Crippen LogP contribution is 2.37. The summed E-state index contributed by atoms with van der Waals surface area (Å²) in [5.74, 6) is 0. The molecule has 0 saturated carbocycles. The minimum absolute atomic E-state index is 0.173. The van der Waals surface area contributed by atoms with Gasteiger partial charge in [0.1, 0.15) is 6.23 Å². The average molecular weight is 364 g/mol. The smallest absolute Gasteiger partial charge is 0.465 e. The zero-order valence-electron chi connectivity index (χ0n) is 15.8. The second-order valence-corrected chi connectivity index (χ2v) is 8.23. The molecule has 0 aliphatic carbocycles. The van der Waals surface area contributed by atoms with E-state index in [0.29, 0.717) is 26.2 Å². The summed E-state index contributed by atoms with van der Waals surface area (Å²) in [6.07, 6.45) is -1.56. The van der Waals surface area contributed by atoms with Gasteiger partial charge in [-0.1, -0.05) is 19.1 Å².